The number of aliphatic imine (C=N–C) groups is 1. The molecule has 0 fully saturated rings. The molecule has 0 atom stereocenters. The summed E-state index contributed by atoms with van der Waals surface area (Å²) in [5.41, 5.74) is 0.919. The van der Waals surface area contributed by atoms with Gasteiger partial charge in [-0.25, -0.2) is 0 Å². The first kappa shape index (κ1) is 24.8. The van der Waals surface area contributed by atoms with Crippen LogP contribution in [0.5, 0.6) is 5.75 Å². The number of nitrogens with one attached hydrogen (secondary N) is 2. The molecule has 26 heavy (non-hydrogen) atoms. The van der Waals surface area contributed by atoms with Gasteiger partial charge in [-0.1, -0.05) is 12.1 Å². The lowest BCUT2D eigenvalue weighted by atomic mass is 10.2. The van der Waals surface area contributed by atoms with Gasteiger partial charge in [-0.05, 0) is 37.0 Å². The highest BCUT2D eigenvalue weighted by Crippen LogP contribution is 2.18. The number of ether oxygens (including phenoxy) is 2. The van der Waals surface area contributed by atoms with E-state index >= 15 is 0 Å². The van der Waals surface area contributed by atoms with Crippen LogP contribution in [-0.4, -0.2) is 46.1 Å². The molecule has 1 aromatic rings. The van der Waals surface area contributed by atoms with Crippen molar-refractivity contribution >= 4 is 29.9 Å². The van der Waals surface area contributed by atoms with Crippen molar-refractivity contribution in [2.75, 3.05) is 33.9 Å². The number of unbranched alkanes of at least 4 members (excludes halogenated alkanes) is 2. The van der Waals surface area contributed by atoms with Crippen LogP contribution >= 0.6 is 24.0 Å². The SMILES string of the molecule is CN=C(NCCCCCOC)NCc1ccc(OCC(F)(F)F)cc1.I. The summed E-state index contributed by atoms with van der Waals surface area (Å²) >= 11 is 0. The van der Waals surface area contributed by atoms with E-state index in [1.54, 1.807) is 26.3 Å². The fourth-order valence-electron chi connectivity index (χ4n) is 2.03. The summed E-state index contributed by atoms with van der Waals surface area (Å²) in [6.45, 7) is 0.817. The Morgan fingerprint density at radius 2 is 1.77 bits per heavy atom. The van der Waals surface area contributed by atoms with Crippen LogP contribution < -0.4 is 15.4 Å². The quantitative estimate of drug-likeness (QED) is 0.228. The fraction of sp³-hybridized carbons (Fsp3) is 0.588. The number of methoxy groups -OCH3 is 1. The minimum atomic E-state index is -4.33. The van der Waals surface area contributed by atoms with Crippen LogP contribution in [0.25, 0.3) is 0 Å². The first-order valence-corrected chi connectivity index (χ1v) is 8.16. The van der Waals surface area contributed by atoms with Crippen LogP contribution in [0, 0.1) is 0 Å². The minimum absolute atomic E-state index is 0. The third-order valence-electron chi connectivity index (χ3n) is 3.33. The number of rotatable bonds is 10. The van der Waals surface area contributed by atoms with Gasteiger partial charge < -0.3 is 20.1 Å². The number of benzene rings is 1. The van der Waals surface area contributed by atoms with Crippen molar-refractivity contribution in [3.05, 3.63) is 29.8 Å². The van der Waals surface area contributed by atoms with Crippen LogP contribution in [0.1, 0.15) is 24.8 Å². The molecular weight excluding hydrogens is 462 g/mol. The normalized spacial score (nSPS) is 11.7. The highest BCUT2D eigenvalue weighted by atomic mass is 127. The van der Waals surface area contributed by atoms with Gasteiger partial charge in [-0.15, -0.1) is 24.0 Å². The van der Waals surface area contributed by atoms with E-state index in [1.807, 2.05) is 0 Å². The summed E-state index contributed by atoms with van der Waals surface area (Å²) in [4.78, 5) is 4.13. The molecule has 9 heteroatoms. The molecule has 0 bridgehead atoms. The summed E-state index contributed by atoms with van der Waals surface area (Å²) in [5.74, 6) is 0.879. The lowest BCUT2D eigenvalue weighted by molar-refractivity contribution is -0.153. The maximum absolute atomic E-state index is 12.1. The van der Waals surface area contributed by atoms with E-state index in [0.29, 0.717) is 12.5 Å². The van der Waals surface area contributed by atoms with Gasteiger partial charge in [-0.2, -0.15) is 13.2 Å². The second-order valence-corrected chi connectivity index (χ2v) is 5.45. The second-order valence-electron chi connectivity index (χ2n) is 5.45. The molecule has 1 rings (SSSR count). The monoisotopic (exact) mass is 489 g/mol. The Bertz CT molecular complexity index is 511. The molecule has 2 N–H and O–H groups in total. The molecule has 150 valence electrons. The Morgan fingerprint density at radius 3 is 2.35 bits per heavy atom. The summed E-state index contributed by atoms with van der Waals surface area (Å²) in [7, 11) is 3.38. The first-order chi connectivity index (χ1) is 11.9. The van der Waals surface area contributed by atoms with Gasteiger partial charge in [0.25, 0.3) is 0 Å². The molecule has 0 aliphatic carbocycles. The predicted molar refractivity (Wildman–Crippen MR) is 107 cm³/mol. The number of guanidine groups is 1. The van der Waals surface area contributed by atoms with E-state index in [-0.39, 0.29) is 29.7 Å². The van der Waals surface area contributed by atoms with Crippen LogP contribution in [0.15, 0.2) is 29.3 Å². The van der Waals surface area contributed by atoms with Crippen LogP contribution in [0.4, 0.5) is 13.2 Å². The average Bonchev–Trinajstić information content (AvgIpc) is 2.59. The fourth-order valence-corrected chi connectivity index (χ4v) is 2.03. The third kappa shape index (κ3) is 12.2. The van der Waals surface area contributed by atoms with Gasteiger partial charge in [0, 0.05) is 33.9 Å². The summed E-state index contributed by atoms with van der Waals surface area (Å²) in [6.07, 6.45) is -1.19. The Labute approximate surface area is 169 Å². The van der Waals surface area contributed by atoms with Crippen molar-refractivity contribution in [2.24, 2.45) is 4.99 Å². The maximum atomic E-state index is 12.1. The van der Waals surface area contributed by atoms with Gasteiger partial charge >= 0.3 is 6.18 Å². The largest absolute Gasteiger partial charge is 0.484 e. The molecule has 0 aromatic heterocycles. The van der Waals surface area contributed by atoms with Gasteiger partial charge in [0.05, 0.1) is 0 Å². The highest BCUT2D eigenvalue weighted by Gasteiger charge is 2.28. The number of halogens is 4. The van der Waals surface area contributed by atoms with Gasteiger partial charge in [-0.3, -0.25) is 4.99 Å². The van der Waals surface area contributed by atoms with E-state index < -0.39 is 12.8 Å². The molecule has 5 nitrogen and oxygen atoms in total. The van der Waals surface area contributed by atoms with Crippen molar-refractivity contribution in [2.45, 2.75) is 32.0 Å². The molecule has 0 aliphatic heterocycles. The van der Waals surface area contributed by atoms with Crippen molar-refractivity contribution in [3.8, 4) is 5.75 Å². The summed E-state index contributed by atoms with van der Waals surface area (Å²) < 4.78 is 46.0. The zero-order chi connectivity index (χ0) is 18.5. The second kappa shape index (κ2) is 13.9. The van der Waals surface area contributed by atoms with Crippen molar-refractivity contribution < 1.29 is 22.6 Å². The summed E-state index contributed by atoms with van der Waals surface area (Å²) in [5, 5.41) is 6.37. The molecule has 0 radical (unpaired) electrons. The Kier molecular flexibility index (Phi) is 13.2. The minimum Gasteiger partial charge on any atom is -0.484 e. The third-order valence-corrected chi connectivity index (χ3v) is 3.33. The van der Waals surface area contributed by atoms with E-state index in [4.69, 9.17) is 4.74 Å². The number of nitrogens with zero attached hydrogens (tertiary/aromatic N) is 1. The van der Waals surface area contributed by atoms with Gasteiger partial charge in [0.2, 0.25) is 0 Å². The maximum Gasteiger partial charge on any atom is 0.422 e. The first-order valence-electron chi connectivity index (χ1n) is 8.16. The zero-order valence-corrected chi connectivity index (χ0v) is 17.4. The smallest absolute Gasteiger partial charge is 0.422 e. The average molecular weight is 489 g/mol. The van der Waals surface area contributed by atoms with Crippen molar-refractivity contribution in [3.63, 3.8) is 0 Å². The zero-order valence-electron chi connectivity index (χ0n) is 15.1. The molecule has 0 aliphatic rings. The molecule has 0 unspecified atom stereocenters. The number of hydrogen-bond acceptors (Lipinski definition) is 3. The highest BCUT2D eigenvalue weighted by molar-refractivity contribution is 14.0. The molecule has 0 amide bonds. The molecule has 0 spiro atoms. The lowest BCUT2D eigenvalue weighted by Crippen LogP contribution is -2.37. The Balaban J connectivity index is 0.00000625. The molecular formula is C17H27F3IN3O2. The van der Waals surface area contributed by atoms with Gasteiger partial charge in [0.15, 0.2) is 12.6 Å². The number of hydrogen-bond donors (Lipinski definition) is 2. The van der Waals surface area contributed by atoms with Crippen LogP contribution in [0.2, 0.25) is 0 Å². The van der Waals surface area contributed by atoms with Crippen molar-refractivity contribution in [1.82, 2.24) is 10.6 Å². The van der Waals surface area contributed by atoms with Crippen LogP contribution in [0.3, 0.4) is 0 Å². The topological polar surface area (TPSA) is 54.9 Å². The molecule has 0 saturated heterocycles. The lowest BCUT2D eigenvalue weighted by Gasteiger charge is -2.13. The van der Waals surface area contributed by atoms with Crippen LogP contribution in [-0.2, 0) is 11.3 Å². The standard InChI is InChI=1S/C17H26F3N3O2.HI/c1-21-16(22-10-4-3-5-11-24-2)23-12-14-6-8-15(9-7-14)25-13-17(18,19)20;/h6-9H,3-5,10-13H2,1-2H3,(H2,21,22,23);1H. The number of alkyl halides is 3. The van der Waals surface area contributed by atoms with Crippen molar-refractivity contribution in [1.29, 1.82) is 0 Å². The van der Waals surface area contributed by atoms with E-state index in [0.717, 1.165) is 38.0 Å². The Morgan fingerprint density at radius 1 is 1.08 bits per heavy atom. The molecule has 0 saturated carbocycles. The van der Waals surface area contributed by atoms with Gasteiger partial charge in [0.1, 0.15) is 5.75 Å². The summed E-state index contributed by atoms with van der Waals surface area (Å²) in [6, 6.07) is 6.48. The molecule has 0 heterocycles. The Hall–Kier alpha value is -1.23. The molecule has 1 aromatic carbocycles. The van der Waals surface area contributed by atoms with E-state index in [2.05, 4.69) is 20.4 Å². The van der Waals surface area contributed by atoms with E-state index in [1.165, 1.54) is 12.1 Å². The van der Waals surface area contributed by atoms with E-state index in [9.17, 15) is 13.2 Å². The predicted octanol–water partition coefficient (Wildman–Crippen LogP) is 3.73.